The molecule has 0 aromatic rings. The molecule has 226 valence electrons. The SMILES string of the molecule is CCCCCCCCCCCCC(=O)OC(COC(=O)CCCCCCCCC)COP(=O)(O)OCCN. The molecule has 0 radical (unpaired) electrons. The predicted molar refractivity (Wildman–Crippen MR) is 151 cm³/mol. The standard InChI is InChI=1S/C28H56NO8P/c1-3-5-7-9-11-12-13-15-17-19-21-28(31)37-26(25-36-38(32,33)35-23-22-29)24-34-27(30)20-18-16-14-10-8-6-4-2/h26H,3-25,29H2,1-2H3,(H,32,33). The van der Waals surface area contributed by atoms with Crippen LogP contribution in [-0.4, -0.2) is 49.3 Å². The first-order valence-corrected chi connectivity index (χ1v) is 16.5. The van der Waals surface area contributed by atoms with E-state index in [0.29, 0.717) is 6.42 Å². The summed E-state index contributed by atoms with van der Waals surface area (Å²) in [6, 6.07) is 0. The second kappa shape index (κ2) is 26.2. The molecule has 0 aromatic carbocycles. The number of esters is 2. The van der Waals surface area contributed by atoms with Gasteiger partial charge in [-0.25, -0.2) is 4.57 Å². The van der Waals surface area contributed by atoms with E-state index in [9.17, 15) is 19.0 Å². The van der Waals surface area contributed by atoms with E-state index in [2.05, 4.69) is 13.8 Å². The van der Waals surface area contributed by atoms with Gasteiger partial charge >= 0.3 is 19.8 Å². The Morgan fingerprint density at radius 3 is 1.61 bits per heavy atom. The summed E-state index contributed by atoms with van der Waals surface area (Å²) in [5.74, 6) is -0.835. The molecule has 38 heavy (non-hydrogen) atoms. The number of phosphoric ester groups is 1. The fourth-order valence-electron chi connectivity index (χ4n) is 3.98. The lowest BCUT2D eigenvalue weighted by Gasteiger charge is -2.19. The molecule has 0 aliphatic rings. The third kappa shape index (κ3) is 25.3. The average Bonchev–Trinajstić information content (AvgIpc) is 2.89. The van der Waals surface area contributed by atoms with Crippen molar-refractivity contribution in [3.8, 4) is 0 Å². The van der Waals surface area contributed by atoms with E-state index in [1.165, 1.54) is 70.6 Å². The maximum atomic E-state index is 12.4. The second-order valence-electron chi connectivity index (χ2n) is 9.98. The zero-order valence-electron chi connectivity index (χ0n) is 24.2. The number of ether oxygens (including phenoxy) is 2. The van der Waals surface area contributed by atoms with Crippen LogP contribution in [0.1, 0.15) is 136 Å². The van der Waals surface area contributed by atoms with Crippen molar-refractivity contribution < 1.29 is 37.6 Å². The Morgan fingerprint density at radius 2 is 1.13 bits per heavy atom. The highest BCUT2D eigenvalue weighted by Crippen LogP contribution is 2.43. The van der Waals surface area contributed by atoms with Gasteiger partial charge in [0.05, 0.1) is 13.2 Å². The fourth-order valence-corrected chi connectivity index (χ4v) is 4.75. The van der Waals surface area contributed by atoms with Crippen LogP contribution in [0.5, 0.6) is 0 Å². The largest absolute Gasteiger partial charge is 0.472 e. The van der Waals surface area contributed by atoms with E-state index < -0.39 is 26.5 Å². The molecule has 0 saturated carbocycles. The zero-order valence-corrected chi connectivity index (χ0v) is 25.1. The van der Waals surface area contributed by atoms with E-state index >= 15 is 0 Å². The Morgan fingerprint density at radius 1 is 0.684 bits per heavy atom. The molecule has 0 aliphatic heterocycles. The minimum Gasteiger partial charge on any atom is -0.462 e. The van der Waals surface area contributed by atoms with Crippen molar-refractivity contribution >= 4 is 19.8 Å². The number of hydrogen-bond donors (Lipinski definition) is 2. The molecule has 0 rings (SSSR count). The van der Waals surface area contributed by atoms with Crippen LogP contribution in [0.3, 0.4) is 0 Å². The average molecular weight is 566 g/mol. The minimum atomic E-state index is -4.35. The Hall–Kier alpha value is -0.990. The van der Waals surface area contributed by atoms with Crippen molar-refractivity contribution in [1.29, 1.82) is 0 Å². The third-order valence-electron chi connectivity index (χ3n) is 6.24. The lowest BCUT2D eigenvalue weighted by molar-refractivity contribution is -0.161. The van der Waals surface area contributed by atoms with Crippen molar-refractivity contribution in [2.24, 2.45) is 5.73 Å². The summed E-state index contributed by atoms with van der Waals surface area (Å²) in [6.07, 6.45) is 18.7. The summed E-state index contributed by atoms with van der Waals surface area (Å²) >= 11 is 0. The van der Waals surface area contributed by atoms with Crippen LogP contribution < -0.4 is 5.73 Å². The number of phosphoric acid groups is 1. The Kier molecular flexibility index (Phi) is 25.6. The van der Waals surface area contributed by atoms with Crippen molar-refractivity contribution in [2.75, 3.05) is 26.4 Å². The Bertz CT molecular complexity index is 620. The predicted octanol–water partition coefficient (Wildman–Crippen LogP) is 6.99. The summed E-state index contributed by atoms with van der Waals surface area (Å²) in [5.41, 5.74) is 5.29. The lowest BCUT2D eigenvalue weighted by atomic mass is 10.1. The van der Waals surface area contributed by atoms with Gasteiger partial charge in [0.15, 0.2) is 6.10 Å². The molecule has 0 amide bonds. The van der Waals surface area contributed by atoms with Crippen LogP contribution in [0.2, 0.25) is 0 Å². The van der Waals surface area contributed by atoms with Crippen molar-refractivity contribution in [2.45, 2.75) is 142 Å². The van der Waals surface area contributed by atoms with Gasteiger partial charge in [-0.15, -0.1) is 0 Å². The van der Waals surface area contributed by atoms with Gasteiger partial charge in [0, 0.05) is 19.4 Å². The molecule has 9 nitrogen and oxygen atoms in total. The van der Waals surface area contributed by atoms with Gasteiger partial charge < -0.3 is 20.1 Å². The smallest absolute Gasteiger partial charge is 0.462 e. The van der Waals surface area contributed by atoms with Gasteiger partial charge in [0.2, 0.25) is 0 Å². The monoisotopic (exact) mass is 565 g/mol. The minimum absolute atomic E-state index is 0.0569. The molecule has 0 aliphatic carbocycles. The van der Waals surface area contributed by atoms with Gasteiger partial charge in [0.25, 0.3) is 0 Å². The van der Waals surface area contributed by atoms with Gasteiger partial charge in [-0.1, -0.05) is 110 Å². The van der Waals surface area contributed by atoms with Crippen molar-refractivity contribution in [3.05, 3.63) is 0 Å². The Balaban J connectivity index is 4.34. The highest BCUT2D eigenvalue weighted by Gasteiger charge is 2.25. The van der Waals surface area contributed by atoms with Crippen LogP contribution >= 0.6 is 7.82 Å². The summed E-state index contributed by atoms with van der Waals surface area (Å²) in [7, 11) is -4.35. The molecular weight excluding hydrogens is 509 g/mol. The topological polar surface area (TPSA) is 134 Å². The molecule has 3 N–H and O–H groups in total. The van der Waals surface area contributed by atoms with Crippen LogP contribution in [0.4, 0.5) is 0 Å². The maximum Gasteiger partial charge on any atom is 0.472 e. The molecule has 0 aromatic heterocycles. The number of hydrogen-bond acceptors (Lipinski definition) is 8. The molecule has 0 heterocycles. The number of unbranched alkanes of at least 4 members (excludes halogenated alkanes) is 15. The van der Waals surface area contributed by atoms with Crippen molar-refractivity contribution in [1.82, 2.24) is 0 Å². The first kappa shape index (κ1) is 37.0. The van der Waals surface area contributed by atoms with Gasteiger partial charge in [0.1, 0.15) is 6.61 Å². The highest BCUT2D eigenvalue weighted by atomic mass is 31.2. The highest BCUT2D eigenvalue weighted by molar-refractivity contribution is 7.47. The second-order valence-corrected chi connectivity index (χ2v) is 11.4. The molecule has 0 spiro atoms. The van der Waals surface area contributed by atoms with Crippen LogP contribution in [0, 0.1) is 0 Å². The molecule has 10 heteroatoms. The number of nitrogens with two attached hydrogens (primary N) is 1. The van der Waals surface area contributed by atoms with Gasteiger partial charge in [-0.05, 0) is 12.8 Å². The fraction of sp³-hybridized carbons (Fsp3) is 0.929. The summed E-state index contributed by atoms with van der Waals surface area (Å²) in [6.45, 7) is 3.64. The quantitative estimate of drug-likeness (QED) is 0.0585. The molecule has 2 unspecified atom stereocenters. The van der Waals surface area contributed by atoms with Gasteiger partial charge in [-0.3, -0.25) is 18.6 Å². The molecule has 2 atom stereocenters. The van der Waals surface area contributed by atoms with Crippen LogP contribution in [-0.2, 0) is 32.7 Å². The number of carbonyl (C=O) groups excluding carboxylic acids is 2. The third-order valence-corrected chi connectivity index (χ3v) is 7.23. The van der Waals surface area contributed by atoms with Crippen molar-refractivity contribution in [3.63, 3.8) is 0 Å². The Labute approximate surface area is 231 Å². The van der Waals surface area contributed by atoms with E-state index in [0.717, 1.165) is 32.1 Å². The van der Waals surface area contributed by atoms with E-state index in [4.69, 9.17) is 24.3 Å². The van der Waals surface area contributed by atoms with Crippen LogP contribution in [0.25, 0.3) is 0 Å². The van der Waals surface area contributed by atoms with Gasteiger partial charge in [-0.2, -0.15) is 0 Å². The van der Waals surface area contributed by atoms with E-state index in [-0.39, 0.29) is 38.6 Å². The lowest BCUT2D eigenvalue weighted by Crippen LogP contribution is -2.29. The van der Waals surface area contributed by atoms with E-state index in [1.54, 1.807) is 0 Å². The summed E-state index contributed by atoms with van der Waals surface area (Å²) in [5, 5.41) is 0. The molecule has 0 bridgehead atoms. The first-order valence-electron chi connectivity index (χ1n) is 15.0. The molecular formula is C28H56NO8P. The first-order chi connectivity index (χ1) is 18.3. The normalized spacial score (nSPS) is 13.7. The summed E-state index contributed by atoms with van der Waals surface area (Å²) < 4.78 is 32.3. The molecule has 0 fully saturated rings. The van der Waals surface area contributed by atoms with Crippen LogP contribution in [0.15, 0.2) is 0 Å². The zero-order chi connectivity index (χ0) is 28.3. The van der Waals surface area contributed by atoms with E-state index in [1.807, 2.05) is 0 Å². The molecule has 0 saturated heterocycles. The number of carbonyl (C=O) groups is 2. The summed E-state index contributed by atoms with van der Waals surface area (Å²) in [4.78, 5) is 34.2. The number of rotatable bonds is 28. The maximum absolute atomic E-state index is 12.4.